The largest absolute Gasteiger partial charge is 0.489 e. The molecule has 0 atom stereocenters. The molecule has 2 aromatic carbocycles. The third-order valence-electron chi connectivity index (χ3n) is 4.20. The van der Waals surface area contributed by atoms with Gasteiger partial charge in [0.15, 0.2) is 0 Å². The summed E-state index contributed by atoms with van der Waals surface area (Å²) in [5, 5.41) is 0. The van der Waals surface area contributed by atoms with Gasteiger partial charge in [-0.25, -0.2) is 13.6 Å². The highest BCUT2D eigenvalue weighted by Crippen LogP contribution is 2.27. The zero-order valence-corrected chi connectivity index (χ0v) is 13.9. The number of fused-ring (bicyclic) bond motifs is 1. The predicted octanol–water partition coefficient (Wildman–Crippen LogP) is 4.44. The molecule has 0 unspecified atom stereocenters. The van der Waals surface area contributed by atoms with Crippen LogP contribution in [0.1, 0.15) is 29.5 Å². The molecule has 0 saturated heterocycles. The second kappa shape index (κ2) is 7.47. The molecule has 130 valence electrons. The SMILES string of the molecule is COC(=O)C1=Cc2cc(OCc3ccc(F)cc3F)ccc2CCC1. The average Bonchev–Trinajstić information content (AvgIpc) is 2.82. The lowest BCUT2D eigenvalue weighted by molar-refractivity contribution is -0.136. The number of carbonyl (C=O) groups excluding carboxylic acids is 1. The number of hydrogen-bond acceptors (Lipinski definition) is 3. The van der Waals surface area contributed by atoms with Gasteiger partial charge in [-0.2, -0.15) is 0 Å². The minimum atomic E-state index is -0.636. The Labute approximate surface area is 144 Å². The van der Waals surface area contributed by atoms with Gasteiger partial charge in [0.05, 0.1) is 7.11 Å². The molecule has 0 amide bonds. The fourth-order valence-electron chi connectivity index (χ4n) is 2.85. The summed E-state index contributed by atoms with van der Waals surface area (Å²) in [7, 11) is 1.37. The molecule has 1 aliphatic carbocycles. The van der Waals surface area contributed by atoms with E-state index in [1.54, 1.807) is 0 Å². The van der Waals surface area contributed by atoms with Crippen LogP contribution < -0.4 is 4.74 Å². The predicted molar refractivity (Wildman–Crippen MR) is 90.1 cm³/mol. The Balaban J connectivity index is 1.80. The molecule has 0 spiro atoms. The van der Waals surface area contributed by atoms with Crippen molar-refractivity contribution < 1.29 is 23.0 Å². The molecule has 0 saturated carbocycles. The molecule has 2 aromatic rings. The Morgan fingerprint density at radius 2 is 1.96 bits per heavy atom. The van der Waals surface area contributed by atoms with Crippen molar-refractivity contribution in [2.24, 2.45) is 0 Å². The molecule has 0 N–H and O–H groups in total. The first-order chi connectivity index (χ1) is 12.1. The smallest absolute Gasteiger partial charge is 0.333 e. The van der Waals surface area contributed by atoms with E-state index in [2.05, 4.69) is 0 Å². The normalized spacial score (nSPS) is 13.5. The van der Waals surface area contributed by atoms with E-state index in [4.69, 9.17) is 9.47 Å². The molecule has 3 nitrogen and oxygen atoms in total. The molecule has 0 aliphatic heterocycles. The highest BCUT2D eigenvalue weighted by Gasteiger charge is 2.15. The van der Waals surface area contributed by atoms with E-state index in [0.29, 0.717) is 17.7 Å². The minimum absolute atomic E-state index is 0.00151. The van der Waals surface area contributed by atoms with Gasteiger partial charge in [-0.3, -0.25) is 0 Å². The van der Waals surface area contributed by atoms with Crippen molar-refractivity contribution in [3.63, 3.8) is 0 Å². The number of rotatable bonds is 4. The zero-order valence-electron chi connectivity index (χ0n) is 13.9. The Morgan fingerprint density at radius 3 is 2.72 bits per heavy atom. The van der Waals surface area contributed by atoms with Crippen LogP contribution in [-0.4, -0.2) is 13.1 Å². The molecular weight excluding hydrogens is 326 g/mol. The van der Waals surface area contributed by atoms with Gasteiger partial charge >= 0.3 is 5.97 Å². The first-order valence-corrected chi connectivity index (χ1v) is 8.05. The van der Waals surface area contributed by atoms with Crippen LogP contribution in [0.4, 0.5) is 8.78 Å². The van der Waals surface area contributed by atoms with Crippen LogP contribution in [0.15, 0.2) is 42.0 Å². The Morgan fingerprint density at radius 1 is 1.12 bits per heavy atom. The fourth-order valence-corrected chi connectivity index (χ4v) is 2.85. The summed E-state index contributed by atoms with van der Waals surface area (Å²) in [5.74, 6) is -1.02. The van der Waals surface area contributed by atoms with Crippen LogP contribution in [0.25, 0.3) is 6.08 Å². The lowest BCUT2D eigenvalue weighted by atomic mass is 10.0. The van der Waals surface area contributed by atoms with Crippen molar-refractivity contribution >= 4 is 12.0 Å². The van der Waals surface area contributed by atoms with E-state index >= 15 is 0 Å². The number of halogens is 2. The van der Waals surface area contributed by atoms with Gasteiger partial charge in [0.25, 0.3) is 0 Å². The van der Waals surface area contributed by atoms with Crippen molar-refractivity contribution in [1.29, 1.82) is 0 Å². The van der Waals surface area contributed by atoms with E-state index in [1.165, 1.54) is 19.2 Å². The molecule has 0 fully saturated rings. The molecule has 0 aromatic heterocycles. The van der Waals surface area contributed by atoms with Crippen molar-refractivity contribution in [2.45, 2.75) is 25.9 Å². The Hall–Kier alpha value is -2.69. The van der Waals surface area contributed by atoms with Crippen molar-refractivity contribution in [1.82, 2.24) is 0 Å². The first kappa shape index (κ1) is 17.1. The number of methoxy groups -OCH3 is 1. The molecule has 25 heavy (non-hydrogen) atoms. The van der Waals surface area contributed by atoms with Gasteiger partial charge < -0.3 is 9.47 Å². The highest BCUT2D eigenvalue weighted by molar-refractivity contribution is 5.94. The summed E-state index contributed by atoms with van der Waals surface area (Å²) in [6, 6.07) is 8.99. The Bertz CT molecular complexity index is 828. The summed E-state index contributed by atoms with van der Waals surface area (Å²) in [5.41, 5.74) is 2.93. The quantitative estimate of drug-likeness (QED) is 0.770. The summed E-state index contributed by atoms with van der Waals surface area (Å²) in [6.45, 7) is -0.00151. The van der Waals surface area contributed by atoms with Crippen molar-refractivity contribution in [3.05, 3.63) is 70.3 Å². The van der Waals surface area contributed by atoms with E-state index in [-0.39, 0.29) is 18.1 Å². The zero-order chi connectivity index (χ0) is 17.8. The second-order valence-corrected chi connectivity index (χ2v) is 5.90. The number of aryl methyl sites for hydroxylation is 1. The highest BCUT2D eigenvalue weighted by atomic mass is 19.1. The van der Waals surface area contributed by atoms with E-state index < -0.39 is 11.6 Å². The Kier molecular flexibility index (Phi) is 5.12. The number of hydrogen-bond donors (Lipinski definition) is 0. The average molecular weight is 344 g/mol. The van der Waals surface area contributed by atoms with Gasteiger partial charge in [-0.1, -0.05) is 6.07 Å². The van der Waals surface area contributed by atoms with E-state index in [0.717, 1.165) is 30.0 Å². The monoisotopic (exact) mass is 344 g/mol. The maximum atomic E-state index is 13.7. The molecule has 3 rings (SSSR count). The van der Waals surface area contributed by atoms with Gasteiger partial charge in [0.1, 0.15) is 24.0 Å². The van der Waals surface area contributed by atoms with Gasteiger partial charge in [-0.15, -0.1) is 0 Å². The van der Waals surface area contributed by atoms with E-state index in [9.17, 15) is 13.6 Å². The van der Waals surface area contributed by atoms with Crippen LogP contribution in [0.3, 0.4) is 0 Å². The maximum Gasteiger partial charge on any atom is 0.333 e. The van der Waals surface area contributed by atoms with E-state index in [1.807, 2.05) is 24.3 Å². The number of esters is 1. The minimum Gasteiger partial charge on any atom is -0.489 e. The molecular formula is C20H18F2O3. The summed E-state index contributed by atoms with van der Waals surface area (Å²) >= 11 is 0. The van der Waals surface area contributed by atoms with Crippen molar-refractivity contribution in [3.8, 4) is 5.75 Å². The third-order valence-corrected chi connectivity index (χ3v) is 4.20. The van der Waals surface area contributed by atoms with Gasteiger partial charge in [0.2, 0.25) is 0 Å². The standard InChI is InChI=1S/C20H18F2O3/c1-24-20(23)14-4-2-3-13-6-8-18(10-16(13)9-14)25-12-15-5-7-17(21)11-19(15)22/h5-11H,2-4,12H2,1H3. The second-order valence-electron chi connectivity index (χ2n) is 5.90. The summed E-state index contributed by atoms with van der Waals surface area (Å²) < 4.78 is 37.1. The molecule has 5 heteroatoms. The molecule has 0 bridgehead atoms. The molecule has 0 radical (unpaired) electrons. The van der Waals surface area contributed by atoms with Crippen LogP contribution in [-0.2, 0) is 22.6 Å². The molecule has 1 aliphatic rings. The fraction of sp³-hybridized carbons (Fsp3) is 0.250. The lowest BCUT2D eigenvalue weighted by Crippen LogP contribution is -2.03. The van der Waals surface area contributed by atoms with Gasteiger partial charge in [0, 0.05) is 17.2 Å². The lowest BCUT2D eigenvalue weighted by Gasteiger charge is -2.10. The summed E-state index contributed by atoms with van der Waals surface area (Å²) in [4.78, 5) is 11.8. The number of ether oxygens (including phenoxy) is 2. The third kappa shape index (κ3) is 4.05. The van der Waals surface area contributed by atoms with Crippen molar-refractivity contribution in [2.75, 3.05) is 7.11 Å². The number of benzene rings is 2. The van der Waals surface area contributed by atoms with Gasteiger partial charge in [-0.05, 0) is 60.7 Å². The molecule has 0 heterocycles. The topological polar surface area (TPSA) is 35.5 Å². The maximum absolute atomic E-state index is 13.7. The number of carbonyl (C=O) groups is 1. The van der Waals surface area contributed by atoms with Crippen LogP contribution in [0, 0.1) is 11.6 Å². The summed E-state index contributed by atoms with van der Waals surface area (Å²) in [6.07, 6.45) is 4.21. The van der Waals surface area contributed by atoms with Crippen LogP contribution in [0.5, 0.6) is 5.75 Å². The first-order valence-electron chi connectivity index (χ1n) is 8.05. The van der Waals surface area contributed by atoms with Crippen LogP contribution >= 0.6 is 0 Å². The van der Waals surface area contributed by atoms with Crippen LogP contribution in [0.2, 0.25) is 0 Å².